The number of carboxylic acid groups (broad SMARTS) is 1. The highest BCUT2D eigenvalue weighted by atomic mass is 19.1. The van der Waals surface area contributed by atoms with E-state index in [1.165, 1.54) is 12.1 Å². The van der Waals surface area contributed by atoms with Crippen molar-refractivity contribution in [2.24, 2.45) is 0 Å². The van der Waals surface area contributed by atoms with Gasteiger partial charge in [-0.05, 0) is 17.0 Å². The molecule has 0 fully saturated rings. The van der Waals surface area contributed by atoms with Crippen LogP contribution in [0, 0.1) is 5.82 Å². The van der Waals surface area contributed by atoms with Crippen molar-refractivity contribution in [3.8, 4) is 0 Å². The minimum atomic E-state index is -1.47. The lowest BCUT2D eigenvalue weighted by Crippen LogP contribution is -2.15. The van der Waals surface area contributed by atoms with Gasteiger partial charge in [0.1, 0.15) is 5.82 Å². The largest absolute Gasteiger partial charge is 0.475 e. The maximum atomic E-state index is 13.5. The molecule has 2 rings (SSSR count). The van der Waals surface area contributed by atoms with E-state index in [1.54, 1.807) is 24.3 Å². The summed E-state index contributed by atoms with van der Waals surface area (Å²) in [6.07, 6.45) is -0.226. The second kappa shape index (κ2) is 4.33. The quantitative estimate of drug-likeness (QED) is 0.825. The zero-order chi connectivity index (χ0) is 12.4. The summed E-state index contributed by atoms with van der Waals surface area (Å²) >= 11 is 0. The van der Waals surface area contributed by atoms with Crippen molar-refractivity contribution in [1.82, 2.24) is 0 Å². The molecule has 0 aliphatic carbocycles. The molecule has 0 aromatic heterocycles. The summed E-state index contributed by atoms with van der Waals surface area (Å²) in [4.78, 5) is 21.6. The second-order valence-electron chi connectivity index (χ2n) is 3.66. The summed E-state index contributed by atoms with van der Waals surface area (Å²) in [7, 11) is 0. The Morgan fingerprint density at radius 3 is 2.35 bits per heavy atom. The maximum Gasteiger partial charge on any atom is 0.372 e. The number of carbonyl (C=O) groups is 2. The van der Waals surface area contributed by atoms with Crippen LogP contribution >= 0.6 is 0 Å². The minimum Gasteiger partial charge on any atom is -0.475 e. The zero-order valence-corrected chi connectivity index (χ0v) is 8.81. The number of Topliss-reactive ketones (excluding diaryl/α,β-unsaturated/α-hetero) is 1. The van der Waals surface area contributed by atoms with Gasteiger partial charge in [0.05, 0.1) is 0 Å². The Morgan fingerprint density at radius 1 is 1.06 bits per heavy atom. The first-order valence-electron chi connectivity index (χ1n) is 5.02. The lowest BCUT2D eigenvalue weighted by atomic mass is 10.00. The molecule has 86 valence electrons. The molecule has 0 aliphatic rings. The smallest absolute Gasteiger partial charge is 0.372 e. The van der Waals surface area contributed by atoms with Gasteiger partial charge in [0.25, 0.3) is 0 Å². The number of halogens is 1. The molecule has 2 aromatic carbocycles. The van der Waals surface area contributed by atoms with Gasteiger partial charge < -0.3 is 5.11 Å². The van der Waals surface area contributed by atoms with E-state index in [4.69, 9.17) is 5.11 Å². The van der Waals surface area contributed by atoms with Crippen LogP contribution in [0.3, 0.4) is 0 Å². The van der Waals surface area contributed by atoms with E-state index >= 15 is 0 Å². The minimum absolute atomic E-state index is 0.226. The van der Waals surface area contributed by atoms with Gasteiger partial charge in [-0.2, -0.15) is 0 Å². The van der Waals surface area contributed by atoms with Crippen molar-refractivity contribution >= 4 is 22.5 Å². The number of hydrogen-bond acceptors (Lipinski definition) is 2. The topological polar surface area (TPSA) is 54.4 Å². The van der Waals surface area contributed by atoms with E-state index in [-0.39, 0.29) is 12.2 Å². The van der Waals surface area contributed by atoms with Gasteiger partial charge >= 0.3 is 5.97 Å². The van der Waals surface area contributed by atoms with Crippen LogP contribution in [0.5, 0.6) is 0 Å². The summed E-state index contributed by atoms with van der Waals surface area (Å²) < 4.78 is 13.5. The van der Waals surface area contributed by atoms with Gasteiger partial charge in [-0.15, -0.1) is 0 Å². The average Bonchev–Trinajstić information content (AvgIpc) is 2.33. The first-order valence-corrected chi connectivity index (χ1v) is 5.02. The fourth-order valence-electron chi connectivity index (χ4n) is 1.73. The molecule has 3 nitrogen and oxygen atoms in total. The van der Waals surface area contributed by atoms with Gasteiger partial charge in [-0.3, -0.25) is 4.79 Å². The van der Waals surface area contributed by atoms with Gasteiger partial charge in [-0.25, -0.2) is 9.18 Å². The molecular formula is C13H9FO3. The molecule has 0 heterocycles. The molecule has 0 radical (unpaired) electrons. The highest BCUT2D eigenvalue weighted by molar-refractivity contribution is 6.33. The molecule has 4 heteroatoms. The Morgan fingerprint density at radius 2 is 1.71 bits per heavy atom. The third-order valence-electron chi connectivity index (χ3n) is 2.55. The normalized spacial score (nSPS) is 10.4. The standard InChI is InChI=1S/C13H9FO3/c14-11-6-5-8(7-12(15)13(16)17)9-3-1-2-4-10(9)11/h1-6H,7H2,(H,16,17). The summed E-state index contributed by atoms with van der Waals surface area (Å²) in [6.45, 7) is 0. The Hall–Kier alpha value is -2.23. The van der Waals surface area contributed by atoms with Crippen LogP contribution in [-0.4, -0.2) is 16.9 Å². The highest BCUT2D eigenvalue weighted by Gasteiger charge is 2.14. The van der Waals surface area contributed by atoms with Gasteiger partial charge in [-0.1, -0.05) is 30.3 Å². The fourth-order valence-corrected chi connectivity index (χ4v) is 1.73. The monoisotopic (exact) mass is 232 g/mol. The van der Waals surface area contributed by atoms with E-state index in [9.17, 15) is 14.0 Å². The van der Waals surface area contributed by atoms with Crippen LogP contribution in [0.25, 0.3) is 10.8 Å². The van der Waals surface area contributed by atoms with E-state index in [0.29, 0.717) is 16.3 Å². The first-order chi connectivity index (χ1) is 8.09. The van der Waals surface area contributed by atoms with Crippen molar-refractivity contribution in [3.05, 3.63) is 47.8 Å². The first kappa shape index (κ1) is 11.3. The van der Waals surface area contributed by atoms with E-state index < -0.39 is 11.8 Å². The molecule has 0 aliphatic heterocycles. The maximum absolute atomic E-state index is 13.5. The van der Waals surface area contributed by atoms with Crippen molar-refractivity contribution < 1.29 is 19.1 Å². The highest BCUT2D eigenvalue weighted by Crippen LogP contribution is 2.22. The van der Waals surface area contributed by atoms with Crippen molar-refractivity contribution in [2.45, 2.75) is 6.42 Å². The van der Waals surface area contributed by atoms with Crippen molar-refractivity contribution in [3.63, 3.8) is 0 Å². The van der Waals surface area contributed by atoms with Gasteiger partial charge in [0, 0.05) is 11.8 Å². The average molecular weight is 232 g/mol. The van der Waals surface area contributed by atoms with Gasteiger partial charge in [0.2, 0.25) is 5.78 Å². The molecule has 2 aromatic rings. The summed E-state index contributed by atoms with van der Waals surface area (Å²) in [6, 6.07) is 9.36. The van der Waals surface area contributed by atoms with Crippen LogP contribution in [0.2, 0.25) is 0 Å². The molecule has 0 atom stereocenters. The number of ketones is 1. The van der Waals surface area contributed by atoms with Crippen LogP contribution in [0.15, 0.2) is 36.4 Å². The molecule has 0 bridgehead atoms. The van der Waals surface area contributed by atoms with Gasteiger partial charge in [0.15, 0.2) is 0 Å². The zero-order valence-electron chi connectivity index (χ0n) is 8.81. The predicted molar refractivity (Wildman–Crippen MR) is 60.3 cm³/mol. The van der Waals surface area contributed by atoms with Crippen LogP contribution in [0.4, 0.5) is 4.39 Å². The molecule has 17 heavy (non-hydrogen) atoms. The van der Waals surface area contributed by atoms with E-state index in [0.717, 1.165) is 0 Å². The van der Waals surface area contributed by atoms with Crippen molar-refractivity contribution in [2.75, 3.05) is 0 Å². The Labute approximate surface area is 96.5 Å². The summed E-state index contributed by atoms with van der Waals surface area (Å²) in [5, 5.41) is 9.51. The third kappa shape index (κ3) is 2.15. The number of carboxylic acids is 1. The van der Waals surface area contributed by atoms with E-state index in [2.05, 4.69) is 0 Å². The molecular weight excluding hydrogens is 223 g/mol. The lowest BCUT2D eigenvalue weighted by Gasteiger charge is -2.05. The summed E-state index contributed by atoms with van der Waals surface area (Å²) in [5.41, 5.74) is 0.523. The second-order valence-corrected chi connectivity index (χ2v) is 3.66. The predicted octanol–water partition coefficient (Wildman–Crippen LogP) is 2.18. The van der Waals surface area contributed by atoms with Crippen LogP contribution < -0.4 is 0 Å². The summed E-state index contributed by atoms with van der Waals surface area (Å²) in [5.74, 6) is -2.76. The van der Waals surface area contributed by atoms with Crippen molar-refractivity contribution in [1.29, 1.82) is 0 Å². The van der Waals surface area contributed by atoms with Crippen LogP contribution in [0.1, 0.15) is 5.56 Å². The molecule has 1 N–H and O–H groups in total. The number of fused-ring (bicyclic) bond motifs is 1. The molecule has 0 amide bonds. The van der Waals surface area contributed by atoms with E-state index in [1.807, 2.05) is 0 Å². The molecule has 0 saturated carbocycles. The Balaban J connectivity index is 2.52. The number of hydrogen-bond donors (Lipinski definition) is 1. The number of carbonyl (C=O) groups excluding carboxylic acids is 1. The molecule has 0 spiro atoms. The molecule has 0 saturated heterocycles. The number of rotatable bonds is 3. The third-order valence-corrected chi connectivity index (χ3v) is 2.55. The SMILES string of the molecule is O=C(O)C(=O)Cc1ccc(F)c2ccccc12. The number of aliphatic carboxylic acids is 1. The fraction of sp³-hybridized carbons (Fsp3) is 0.0769. The number of benzene rings is 2. The van der Waals surface area contributed by atoms with Crippen LogP contribution in [-0.2, 0) is 16.0 Å². The molecule has 0 unspecified atom stereocenters. The Bertz CT molecular complexity index is 605. The Kier molecular flexibility index (Phi) is 2.87. The lowest BCUT2D eigenvalue weighted by molar-refractivity contribution is -0.148.